The van der Waals surface area contributed by atoms with Gasteiger partial charge in [0, 0.05) is 18.8 Å². The zero-order valence-electron chi connectivity index (χ0n) is 15.0. The van der Waals surface area contributed by atoms with Gasteiger partial charge in [-0.3, -0.25) is 19.3 Å². The Morgan fingerprint density at radius 2 is 2.23 bits per heavy atom. The Morgan fingerprint density at radius 3 is 2.92 bits per heavy atom. The van der Waals surface area contributed by atoms with E-state index in [0.29, 0.717) is 31.2 Å². The molecule has 1 aliphatic rings. The van der Waals surface area contributed by atoms with Gasteiger partial charge in [0.2, 0.25) is 11.8 Å². The van der Waals surface area contributed by atoms with Crippen LogP contribution < -0.4 is 0 Å². The molecule has 0 bridgehead atoms. The lowest BCUT2D eigenvalue weighted by Crippen LogP contribution is -2.31. The summed E-state index contributed by atoms with van der Waals surface area (Å²) in [6, 6.07) is 0. The summed E-state index contributed by atoms with van der Waals surface area (Å²) in [5.41, 5.74) is 0.534. The maximum Gasteiger partial charge on any atom is 0.307 e. The number of hydrogen-bond acceptors (Lipinski definition) is 7. The van der Waals surface area contributed by atoms with E-state index in [4.69, 9.17) is 9.84 Å². The van der Waals surface area contributed by atoms with Crippen molar-refractivity contribution in [3.8, 4) is 0 Å². The Labute approximate surface area is 156 Å². The molecule has 0 saturated carbocycles. The molecule has 2 rings (SSSR count). The van der Waals surface area contributed by atoms with Crippen molar-refractivity contribution in [1.82, 2.24) is 19.9 Å². The predicted octanol–water partition coefficient (Wildman–Crippen LogP) is 0.786. The van der Waals surface area contributed by atoms with E-state index in [1.807, 2.05) is 6.92 Å². The van der Waals surface area contributed by atoms with Crippen LogP contribution in [-0.4, -0.2) is 67.0 Å². The molecule has 0 radical (unpaired) electrons. The molecular weight excluding hydrogens is 360 g/mol. The topological polar surface area (TPSA) is 115 Å². The molecule has 0 aliphatic carbocycles. The van der Waals surface area contributed by atoms with Crippen LogP contribution in [0.3, 0.4) is 0 Å². The number of rotatable bonds is 11. The Morgan fingerprint density at radius 1 is 1.46 bits per heavy atom. The zero-order valence-corrected chi connectivity index (χ0v) is 15.8. The van der Waals surface area contributed by atoms with Gasteiger partial charge < -0.3 is 9.84 Å². The number of carboxylic acid groups (broad SMARTS) is 1. The first-order valence-corrected chi connectivity index (χ1v) is 9.62. The minimum Gasteiger partial charge on any atom is -0.481 e. The van der Waals surface area contributed by atoms with Crippen LogP contribution in [0, 0.1) is 5.92 Å². The van der Waals surface area contributed by atoms with Crippen molar-refractivity contribution < 1.29 is 24.2 Å². The number of thioether (sulfide) groups is 1. The average Bonchev–Trinajstić information content (AvgIpc) is 3.16. The first kappa shape index (κ1) is 20.4. The molecule has 1 N–H and O–H groups in total. The number of aliphatic carboxylic acids is 1. The fraction of sp³-hybridized carbons (Fsp3) is 0.688. The first-order valence-electron chi connectivity index (χ1n) is 8.57. The molecule has 1 aromatic rings. The number of likely N-dealkylation sites (tertiary alicyclic amines) is 1. The van der Waals surface area contributed by atoms with Crippen molar-refractivity contribution in [3.63, 3.8) is 0 Å². The van der Waals surface area contributed by atoms with Crippen LogP contribution in [0.4, 0.5) is 0 Å². The van der Waals surface area contributed by atoms with Crippen LogP contribution in [0.25, 0.3) is 0 Å². The minimum absolute atomic E-state index is 0.0824. The van der Waals surface area contributed by atoms with Crippen LogP contribution >= 0.6 is 11.8 Å². The van der Waals surface area contributed by atoms with E-state index < -0.39 is 17.1 Å². The summed E-state index contributed by atoms with van der Waals surface area (Å²) in [6.45, 7) is 5.47. The molecule has 0 spiro atoms. The molecule has 2 atom stereocenters. The van der Waals surface area contributed by atoms with Crippen LogP contribution in [0.5, 0.6) is 0 Å². The maximum atomic E-state index is 12.4. The molecule has 2 unspecified atom stereocenters. The third-order valence-electron chi connectivity index (χ3n) is 3.89. The first-order chi connectivity index (χ1) is 12.4. The fourth-order valence-corrected chi connectivity index (χ4v) is 3.56. The molecule has 26 heavy (non-hydrogen) atoms. The Kier molecular flexibility index (Phi) is 7.58. The largest absolute Gasteiger partial charge is 0.481 e. The Balaban J connectivity index is 1.85. The number of ether oxygens (including phenoxy) is 1. The van der Waals surface area contributed by atoms with E-state index in [-0.39, 0.29) is 24.8 Å². The Bertz CT molecular complexity index is 650. The molecule has 144 valence electrons. The van der Waals surface area contributed by atoms with Gasteiger partial charge in [0.1, 0.15) is 5.69 Å². The molecule has 0 aromatic carbocycles. The average molecular weight is 384 g/mol. The monoisotopic (exact) mass is 384 g/mol. The smallest absolute Gasteiger partial charge is 0.307 e. The Hall–Kier alpha value is -1.94. The quantitative estimate of drug-likeness (QED) is 0.440. The molecule has 1 aliphatic heterocycles. The van der Waals surface area contributed by atoms with E-state index in [0.717, 1.165) is 6.42 Å². The van der Waals surface area contributed by atoms with Gasteiger partial charge in [0.05, 0.1) is 37.1 Å². The SMILES string of the molecule is CCCOCCn1cc(CN2C(=O)CC(SCC(C)C(=O)O)C2=O)nn1. The lowest BCUT2D eigenvalue weighted by Gasteiger charge is -2.13. The second kappa shape index (κ2) is 9.67. The standard InChI is InChI=1S/C16H24N4O5S/c1-3-5-25-6-4-19-8-12(17-18-19)9-20-14(21)7-13(15(20)22)26-10-11(2)16(23)24/h8,11,13H,3-7,9-10H2,1-2H3,(H,23,24). The van der Waals surface area contributed by atoms with Crippen molar-refractivity contribution in [2.45, 2.75) is 45.0 Å². The highest BCUT2D eigenvalue weighted by Crippen LogP contribution is 2.27. The summed E-state index contributed by atoms with van der Waals surface area (Å²) < 4.78 is 7.01. The number of nitrogens with zero attached hydrogens (tertiary/aromatic N) is 4. The van der Waals surface area contributed by atoms with Crippen molar-refractivity contribution in [2.24, 2.45) is 5.92 Å². The highest BCUT2D eigenvalue weighted by molar-refractivity contribution is 8.00. The molecule has 1 aromatic heterocycles. The van der Waals surface area contributed by atoms with E-state index in [2.05, 4.69) is 10.3 Å². The number of imide groups is 1. The molecule has 9 nitrogen and oxygen atoms in total. The summed E-state index contributed by atoms with van der Waals surface area (Å²) in [7, 11) is 0. The summed E-state index contributed by atoms with van der Waals surface area (Å²) in [5, 5.41) is 16.4. The van der Waals surface area contributed by atoms with Gasteiger partial charge in [0.25, 0.3) is 0 Å². The molecule has 1 saturated heterocycles. The summed E-state index contributed by atoms with van der Waals surface area (Å²) in [6.07, 6.45) is 2.74. The normalized spacial score (nSPS) is 18.5. The van der Waals surface area contributed by atoms with Gasteiger partial charge >= 0.3 is 5.97 Å². The fourth-order valence-electron chi connectivity index (χ4n) is 2.37. The number of carbonyl (C=O) groups is 3. The van der Waals surface area contributed by atoms with Crippen molar-refractivity contribution in [3.05, 3.63) is 11.9 Å². The van der Waals surface area contributed by atoms with E-state index in [9.17, 15) is 14.4 Å². The van der Waals surface area contributed by atoms with Crippen LogP contribution in [0.1, 0.15) is 32.4 Å². The third-order valence-corrected chi connectivity index (χ3v) is 5.35. The van der Waals surface area contributed by atoms with Crippen molar-refractivity contribution >= 4 is 29.5 Å². The van der Waals surface area contributed by atoms with Gasteiger partial charge in [-0.1, -0.05) is 19.1 Å². The lowest BCUT2D eigenvalue weighted by atomic mass is 10.2. The molecule has 2 heterocycles. The van der Waals surface area contributed by atoms with Crippen LogP contribution in [-0.2, 0) is 32.2 Å². The summed E-state index contributed by atoms with van der Waals surface area (Å²) in [5.74, 6) is -1.74. The predicted molar refractivity (Wildman–Crippen MR) is 94.4 cm³/mol. The van der Waals surface area contributed by atoms with Gasteiger partial charge in [-0.2, -0.15) is 0 Å². The van der Waals surface area contributed by atoms with E-state index in [1.54, 1.807) is 17.8 Å². The van der Waals surface area contributed by atoms with Gasteiger partial charge in [-0.25, -0.2) is 4.68 Å². The number of carboxylic acids is 1. The van der Waals surface area contributed by atoms with E-state index >= 15 is 0 Å². The highest BCUT2D eigenvalue weighted by atomic mass is 32.2. The maximum absolute atomic E-state index is 12.4. The second-order valence-corrected chi connectivity index (χ2v) is 7.40. The van der Waals surface area contributed by atoms with Crippen LogP contribution in [0.2, 0.25) is 0 Å². The minimum atomic E-state index is -0.911. The van der Waals surface area contributed by atoms with Crippen molar-refractivity contribution in [1.29, 1.82) is 0 Å². The molecule has 2 amide bonds. The van der Waals surface area contributed by atoms with Gasteiger partial charge in [-0.15, -0.1) is 16.9 Å². The van der Waals surface area contributed by atoms with E-state index in [1.165, 1.54) is 16.7 Å². The molecule has 1 fully saturated rings. The third kappa shape index (κ3) is 5.53. The van der Waals surface area contributed by atoms with Crippen LogP contribution in [0.15, 0.2) is 6.20 Å². The van der Waals surface area contributed by atoms with Crippen molar-refractivity contribution in [2.75, 3.05) is 19.0 Å². The number of aromatic nitrogens is 3. The number of amides is 2. The lowest BCUT2D eigenvalue weighted by molar-refractivity contribution is -0.141. The number of hydrogen-bond donors (Lipinski definition) is 1. The molecular formula is C16H24N4O5S. The number of carbonyl (C=O) groups excluding carboxylic acids is 2. The second-order valence-electron chi connectivity index (χ2n) is 6.17. The van der Waals surface area contributed by atoms with Gasteiger partial charge in [-0.05, 0) is 6.42 Å². The highest BCUT2D eigenvalue weighted by Gasteiger charge is 2.39. The summed E-state index contributed by atoms with van der Waals surface area (Å²) in [4.78, 5) is 36.6. The van der Waals surface area contributed by atoms with Gasteiger partial charge in [0.15, 0.2) is 0 Å². The summed E-state index contributed by atoms with van der Waals surface area (Å²) >= 11 is 1.22. The molecule has 10 heteroatoms. The zero-order chi connectivity index (χ0) is 19.1.